The quantitative estimate of drug-likeness (QED) is 0.535. The molecule has 0 spiro atoms. The third kappa shape index (κ3) is 1.74. The van der Waals surface area contributed by atoms with Crippen LogP contribution in [0, 0.1) is 0 Å². The third-order valence-corrected chi connectivity index (χ3v) is 2.73. The van der Waals surface area contributed by atoms with Gasteiger partial charge >= 0.3 is 0 Å². The molecule has 1 aliphatic heterocycles. The highest BCUT2D eigenvalue weighted by Gasteiger charge is 2.13. The number of rotatable bonds is 0. The number of fused-ring (bicyclic) bond motifs is 1. The van der Waals surface area contributed by atoms with Crippen molar-refractivity contribution in [3.05, 3.63) is 30.1 Å². The Hall–Kier alpha value is -0.500. The summed E-state index contributed by atoms with van der Waals surface area (Å²) in [6.07, 6.45) is 2.16. The van der Waals surface area contributed by atoms with Crippen molar-refractivity contribution in [1.29, 1.82) is 0 Å². The zero-order chi connectivity index (χ0) is 6.81. The predicted octanol–water partition coefficient (Wildman–Crippen LogP) is 1.86. The number of pyridine rings is 1. The van der Waals surface area contributed by atoms with Crippen LogP contribution in [0.3, 0.4) is 0 Å². The topological polar surface area (TPSA) is 3.88 Å². The second-order valence-corrected chi connectivity index (χ2v) is 3.54. The van der Waals surface area contributed by atoms with Gasteiger partial charge in [0.2, 0.25) is 0 Å². The van der Waals surface area contributed by atoms with Crippen LogP contribution in [0.1, 0.15) is 13.1 Å². The van der Waals surface area contributed by atoms with E-state index in [1.54, 1.807) is 0 Å². The Balaban J connectivity index is 0.000000605. The summed E-state index contributed by atoms with van der Waals surface area (Å²) < 4.78 is 2.33. The van der Waals surface area contributed by atoms with Gasteiger partial charge in [0.15, 0.2) is 18.4 Å². The van der Waals surface area contributed by atoms with Crippen molar-refractivity contribution >= 4 is 11.8 Å². The summed E-state index contributed by atoms with van der Waals surface area (Å²) in [5, 5.41) is 0. The van der Waals surface area contributed by atoms with Crippen LogP contribution in [-0.4, -0.2) is 5.75 Å². The Kier molecular flexibility index (Phi) is 2.94. The normalized spacial score (nSPS) is 14.9. The first-order chi connectivity index (χ1) is 4.97. The van der Waals surface area contributed by atoms with Gasteiger partial charge in [0.25, 0.3) is 0 Å². The Morgan fingerprint density at radius 2 is 2.27 bits per heavy atom. The molecule has 0 fully saturated rings. The molecule has 2 rings (SSSR count). The minimum atomic E-state index is 0. The molecule has 1 aromatic heterocycles. The molecule has 60 valence electrons. The summed E-state index contributed by atoms with van der Waals surface area (Å²) in [4.78, 5) is 0. The van der Waals surface area contributed by atoms with E-state index in [-0.39, 0.29) is 7.43 Å². The van der Waals surface area contributed by atoms with E-state index in [2.05, 4.69) is 29.0 Å². The fraction of sp³-hybridized carbons (Fsp3) is 0.444. The van der Waals surface area contributed by atoms with Crippen molar-refractivity contribution in [2.45, 2.75) is 19.7 Å². The van der Waals surface area contributed by atoms with Gasteiger partial charge in [-0.05, 0) is 0 Å². The predicted molar refractivity (Wildman–Crippen MR) is 49.5 cm³/mol. The minimum Gasteiger partial charge on any atom is -0.201 e. The molecular formula is C9H14NS+. The molecule has 0 saturated heterocycles. The Morgan fingerprint density at radius 3 is 3.09 bits per heavy atom. The van der Waals surface area contributed by atoms with Gasteiger partial charge in [-0.25, -0.2) is 4.57 Å². The van der Waals surface area contributed by atoms with Gasteiger partial charge < -0.3 is 0 Å². The minimum absolute atomic E-state index is 0. The highest BCUT2D eigenvalue weighted by molar-refractivity contribution is 7.98. The lowest BCUT2D eigenvalue weighted by Gasteiger charge is -2.07. The molecule has 0 unspecified atom stereocenters. The van der Waals surface area contributed by atoms with Crippen molar-refractivity contribution in [3.8, 4) is 0 Å². The van der Waals surface area contributed by atoms with Crippen LogP contribution >= 0.6 is 11.8 Å². The maximum atomic E-state index is 2.33. The number of aromatic nitrogens is 1. The fourth-order valence-electron chi connectivity index (χ4n) is 1.20. The smallest absolute Gasteiger partial charge is 0.191 e. The largest absolute Gasteiger partial charge is 0.201 e. The highest BCUT2D eigenvalue weighted by atomic mass is 32.2. The van der Waals surface area contributed by atoms with Crippen molar-refractivity contribution in [2.75, 3.05) is 5.75 Å². The lowest BCUT2D eigenvalue weighted by molar-refractivity contribution is -0.700. The monoisotopic (exact) mass is 168 g/mol. The SMILES string of the molecule is C.c1cc[n+]2c(c1)CSCC2. The van der Waals surface area contributed by atoms with Gasteiger partial charge in [-0.2, -0.15) is 0 Å². The summed E-state index contributed by atoms with van der Waals surface area (Å²) in [6, 6.07) is 6.41. The van der Waals surface area contributed by atoms with Crippen LogP contribution in [0.5, 0.6) is 0 Å². The zero-order valence-corrected chi connectivity index (χ0v) is 6.60. The number of nitrogens with zero attached hydrogens (tertiary/aromatic N) is 1. The Bertz CT molecular complexity index is 210. The first kappa shape index (κ1) is 8.60. The molecule has 11 heavy (non-hydrogen) atoms. The standard InChI is InChI=1S/C8H10NS.CH4/c1-2-4-9-5-6-10-7-8(9)3-1;/h1-4H,5-7H2;1H4/q+1;. The summed E-state index contributed by atoms with van der Waals surface area (Å²) in [7, 11) is 0. The summed E-state index contributed by atoms with van der Waals surface area (Å²) >= 11 is 2.02. The van der Waals surface area contributed by atoms with Gasteiger partial charge in [0, 0.05) is 12.1 Å². The lowest BCUT2D eigenvalue weighted by Crippen LogP contribution is -2.41. The second kappa shape index (κ2) is 3.77. The van der Waals surface area contributed by atoms with Crippen LogP contribution in [0.4, 0.5) is 0 Å². The summed E-state index contributed by atoms with van der Waals surface area (Å²) in [5.41, 5.74) is 1.46. The molecule has 0 amide bonds. The molecule has 0 aromatic carbocycles. The summed E-state index contributed by atoms with van der Waals surface area (Å²) in [6.45, 7) is 1.18. The molecule has 1 nitrogen and oxygen atoms in total. The molecule has 1 aromatic rings. The molecule has 1 aliphatic rings. The highest BCUT2D eigenvalue weighted by Crippen LogP contribution is 2.11. The first-order valence-electron chi connectivity index (χ1n) is 3.52. The maximum absolute atomic E-state index is 2.33. The van der Waals surface area contributed by atoms with Crippen molar-refractivity contribution in [3.63, 3.8) is 0 Å². The van der Waals surface area contributed by atoms with E-state index in [4.69, 9.17) is 0 Å². The summed E-state index contributed by atoms with van der Waals surface area (Å²) in [5.74, 6) is 2.45. The number of aryl methyl sites for hydroxylation is 1. The van der Waals surface area contributed by atoms with E-state index in [1.165, 1.54) is 23.7 Å². The molecule has 2 heterocycles. The Labute approximate surface area is 72.4 Å². The molecule has 2 heteroatoms. The molecule has 0 bridgehead atoms. The van der Waals surface area contributed by atoms with Crippen LogP contribution < -0.4 is 4.57 Å². The van der Waals surface area contributed by atoms with Gasteiger partial charge in [-0.3, -0.25) is 0 Å². The fourth-order valence-corrected chi connectivity index (χ4v) is 2.14. The van der Waals surface area contributed by atoms with Crippen LogP contribution in [0.25, 0.3) is 0 Å². The van der Waals surface area contributed by atoms with E-state index in [1.807, 2.05) is 11.8 Å². The van der Waals surface area contributed by atoms with Crippen molar-refractivity contribution in [1.82, 2.24) is 0 Å². The van der Waals surface area contributed by atoms with Gasteiger partial charge in [0.1, 0.15) is 0 Å². The van der Waals surface area contributed by atoms with Gasteiger partial charge in [-0.1, -0.05) is 13.5 Å². The molecule has 0 atom stereocenters. The number of hydrogen-bond donors (Lipinski definition) is 0. The Morgan fingerprint density at radius 1 is 1.36 bits per heavy atom. The lowest BCUT2D eigenvalue weighted by atomic mass is 10.3. The average Bonchev–Trinajstić information content (AvgIpc) is 2.05. The molecule has 0 saturated carbocycles. The second-order valence-electron chi connectivity index (χ2n) is 2.44. The van der Waals surface area contributed by atoms with Gasteiger partial charge in [0.05, 0.1) is 11.5 Å². The maximum Gasteiger partial charge on any atom is 0.191 e. The molecule has 0 N–H and O–H groups in total. The van der Waals surface area contributed by atoms with E-state index in [9.17, 15) is 0 Å². The molecule has 0 radical (unpaired) electrons. The van der Waals surface area contributed by atoms with E-state index >= 15 is 0 Å². The number of thioether (sulfide) groups is 1. The zero-order valence-electron chi connectivity index (χ0n) is 5.79. The van der Waals surface area contributed by atoms with E-state index < -0.39 is 0 Å². The third-order valence-electron chi connectivity index (χ3n) is 1.76. The van der Waals surface area contributed by atoms with Crippen LogP contribution in [0.2, 0.25) is 0 Å². The van der Waals surface area contributed by atoms with E-state index in [0.29, 0.717) is 0 Å². The van der Waals surface area contributed by atoms with Gasteiger partial charge in [-0.15, -0.1) is 11.8 Å². The van der Waals surface area contributed by atoms with Crippen LogP contribution in [0.15, 0.2) is 24.4 Å². The van der Waals surface area contributed by atoms with E-state index in [0.717, 1.165) is 0 Å². The average molecular weight is 168 g/mol. The van der Waals surface area contributed by atoms with Crippen molar-refractivity contribution in [2.24, 2.45) is 0 Å². The van der Waals surface area contributed by atoms with Crippen LogP contribution in [-0.2, 0) is 12.3 Å². The first-order valence-corrected chi connectivity index (χ1v) is 4.67. The van der Waals surface area contributed by atoms with Crippen molar-refractivity contribution < 1.29 is 4.57 Å². The molecular weight excluding hydrogens is 154 g/mol. The molecule has 0 aliphatic carbocycles. The number of hydrogen-bond acceptors (Lipinski definition) is 1.